The van der Waals surface area contributed by atoms with Crippen molar-refractivity contribution in [2.24, 2.45) is 0 Å². The maximum Gasteiger partial charge on any atom is 0.270 e. The van der Waals surface area contributed by atoms with Crippen molar-refractivity contribution in [3.8, 4) is 16.9 Å². The van der Waals surface area contributed by atoms with Crippen LogP contribution in [-0.2, 0) is 6.54 Å². The van der Waals surface area contributed by atoms with Crippen molar-refractivity contribution in [3.05, 3.63) is 100 Å². The highest BCUT2D eigenvalue weighted by molar-refractivity contribution is 6.30. The minimum atomic E-state index is -0.214. The Kier molecular flexibility index (Phi) is 5.63. The number of halogens is 1. The zero-order valence-electron chi connectivity index (χ0n) is 16.8. The second kappa shape index (κ2) is 8.51. The van der Waals surface area contributed by atoms with Crippen LogP contribution in [0.1, 0.15) is 27.2 Å². The van der Waals surface area contributed by atoms with Gasteiger partial charge in [0, 0.05) is 29.5 Å². The quantitative estimate of drug-likeness (QED) is 0.490. The molecule has 2 aromatic heterocycles. The predicted molar refractivity (Wildman–Crippen MR) is 119 cm³/mol. The normalized spacial score (nSPS) is 10.8. The highest BCUT2D eigenvalue weighted by atomic mass is 35.5. The van der Waals surface area contributed by atoms with E-state index < -0.39 is 0 Å². The second-order valence-electron chi connectivity index (χ2n) is 7.14. The van der Waals surface area contributed by atoms with Gasteiger partial charge in [-0.3, -0.25) is 9.78 Å². The number of carbonyl (C=O) groups is 1. The first-order valence-corrected chi connectivity index (χ1v) is 10.00. The number of nitrogens with one attached hydrogen (secondary N) is 1. The summed E-state index contributed by atoms with van der Waals surface area (Å²) in [6, 6.07) is 19.0. The van der Waals surface area contributed by atoms with Crippen LogP contribution in [0.3, 0.4) is 0 Å². The van der Waals surface area contributed by atoms with Crippen LogP contribution in [0.5, 0.6) is 0 Å². The Hall–Kier alpha value is -3.44. The Balaban J connectivity index is 1.72. The summed E-state index contributed by atoms with van der Waals surface area (Å²) < 4.78 is 1.64. The minimum Gasteiger partial charge on any atom is -0.347 e. The van der Waals surface area contributed by atoms with Crippen molar-refractivity contribution in [1.29, 1.82) is 0 Å². The minimum absolute atomic E-state index is 0.214. The highest BCUT2D eigenvalue weighted by Gasteiger charge is 2.18. The Morgan fingerprint density at radius 1 is 1.00 bits per heavy atom. The van der Waals surface area contributed by atoms with Gasteiger partial charge in [-0.2, -0.15) is 5.10 Å². The number of rotatable bonds is 5. The summed E-state index contributed by atoms with van der Waals surface area (Å²) in [5.41, 5.74) is 6.22. The Morgan fingerprint density at radius 2 is 1.80 bits per heavy atom. The van der Waals surface area contributed by atoms with Crippen molar-refractivity contribution in [2.75, 3.05) is 0 Å². The third kappa shape index (κ3) is 4.26. The average molecular weight is 417 g/mol. The molecule has 30 heavy (non-hydrogen) atoms. The summed E-state index contributed by atoms with van der Waals surface area (Å²) in [5, 5.41) is 8.27. The van der Waals surface area contributed by atoms with E-state index in [0.717, 1.165) is 22.5 Å². The molecule has 4 rings (SSSR count). The van der Waals surface area contributed by atoms with Crippen LogP contribution in [0.2, 0.25) is 5.02 Å². The molecule has 0 unspecified atom stereocenters. The Labute approximate surface area is 180 Å². The number of benzene rings is 2. The maximum absolute atomic E-state index is 13.0. The van der Waals surface area contributed by atoms with Gasteiger partial charge in [-0.1, -0.05) is 29.8 Å². The van der Waals surface area contributed by atoms with Crippen molar-refractivity contribution in [2.45, 2.75) is 20.4 Å². The molecular weight excluding hydrogens is 396 g/mol. The number of nitrogens with zero attached hydrogens (tertiary/aromatic N) is 3. The molecule has 5 nitrogen and oxygen atoms in total. The van der Waals surface area contributed by atoms with Gasteiger partial charge in [-0.25, -0.2) is 4.68 Å². The van der Waals surface area contributed by atoms with Gasteiger partial charge in [0.05, 0.1) is 11.4 Å². The summed E-state index contributed by atoms with van der Waals surface area (Å²) in [6.45, 7) is 4.54. The molecule has 1 amide bonds. The fourth-order valence-electron chi connectivity index (χ4n) is 3.16. The molecule has 0 aliphatic heterocycles. The van der Waals surface area contributed by atoms with Gasteiger partial charge < -0.3 is 5.32 Å². The lowest BCUT2D eigenvalue weighted by Gasteiger charge is -2.09. The third-order valence-electron chi connectivity index (χ3n) is 5.00. The number of aromatic nitrogens is 3. The summed E-state index contributed by atoms with van der Waals surface area (Å²) >= 11 is 6.18. The molecule has 0 saturated carbocycles. The van der Waals surface area contributed by atoms with E-state index in [1.54, 1.807) is 29.2 Å². The first-order valence-electron chi connectivity index (χ1n) is 9.62. The molecule has 0 fully saturated rings. The zero-order chi connectivity index (χ0) is 21.1. The summed E-state index contributed by atoms with van der Waals surface area (Å²) in [5.74, 6) is -0.214. The van der Waals surface area contributed by atoms with Gasteiger partial charge in [0.1, 0.15) is 5.69 Å². The molecule has 2 heterocycles. The number of amides is 1. The molecule has 0 saturated heterocycles. The molecule has 1 N–H and O–H groups in total. The SMILES string of the molecule is Cc1ccc(-c2cc(C(=O)NCc3ccncc3)n(-c3cccc(Cl)c3)n2)cc1C. The molecule has 0 aliphatic carbocycles. The van der Waals surface area contributed by atoms with E-state index >= 15 is 0 Å². The van der Waals surface area contributed by atoms with Gasteiger partial charge >= 0.3 is 0 Å². The molecule has 0 aliphatic rings. The standard InChI is InChI=1S/C24H21ClN4O/c1-16-6-7-19(12-17(16)2)22-14-23(24(30)27-15-18-8-10-26-11-9-18)29(28-22)21-5-3-4-20(25)13-21/h3-14H,15H2,1-2H3,(H,27,30). The lowest BCUT2D eigenvalue weighted by atomic mass is 10.0. The van der Waals surface area contributed by atoms with E-state index in [-0.39, 0.29) is 5.91 Å². The zero-order valence-corrected chi connectivity index (χ0v) is 17.5. The fourth-order valence-corrected chi connectivity index (χ4v) is 3.35. The van der Waals surface area contributed by atoms with Crippen LogP contribution in [0, 0.1) is 13.8 Å². The molecule has 0 spiro atoms. The van der Waals surface area contributed by atoms with Gasteiger partial charge in [0.15, 0.2) is 0 Å². The van der Waals surface area contributed by atoms with Crippen LogP contribution in [0.15, 0.2) is 73.1 Å². The van der Waals surface area contributed by atoms with E-state index in [0.29, 0.717) is 17.3 Å². The number of hydrogen-bond donors (Lipinski definition) is 1. The molecule has 6 heteroatoms. The number of pyridine rings is 1. The predicted octanol–water partition coefficient (Wildman–Crippen LogP) is 5.13. The second-order valence-corrected chi connectivity index (χ2v) is 7.58. The summed E-state index contributed by atoms with van der Waals surface area (Å²) in [7, 11) is 0. The molecule has 150 valence electrons. The smallest absolute Gasteiger partial charge is 0.270 e. The maximum atomic E-state index is 13.0. The average Bonchev–Trinajstić information content (AvgIpc) is 3.20. The van der Waals surface area contributed by atoms with Crippen LogP contribution in [-0.4, -0.2) is 20.7 Å². The molecular formula is C24H21ClN4O. The molecule has 0 atom stereocenters. The lowest BCUT2D eigenvalue weighted by Crippen LogP contribution is -2.25. The topological polar surface area (TPSA) is 59.8 Å². The summed E-state index contributed by atoms with van der Waals surface area (Å²) in [6.07, 6.45) is 3.41. The van der Waals surface area contributed by atoms with Crippen molar-refractivity contribution in [3.63, 3.8) is 0 Å². The first kappa shape index (κ1) is 19.9. The van der Waals surface area contributed by atoms with Gasteiger partial charge in [-0.05, 0) is 73.0 Å². The number of carbonyl (C=O) groups excluding carboxylic acids is 1. The van der Waals surface area contributed by atoms with E-state index in [1.165, 1.54) is 11.1 Å². The van der Waals surface area contributed by atoms with Gasteiger partial charge in [0.2, 0.25) is 0 Å². The van der Waals surface area contributed by atoms with Crippen LogP contribution in [0.25, 0.3) is 16.9 Å². The van der Waals surface area contributed by atoms with Crippen molar-refractivity contribution in [1.82, 2.24) is 20.1 Å². The fraction of sp³-hybridized carbons (Fsp3) is 0.125. The number of aryl methyl sites for hydroxylation is 2. The van der Waals surface area contributed by atoms with Crippen LogP contribution in [0.4, 0.5) is 0 Å². The lowest BCUT2D eigenvalue weighted by molar-refractivity contribution is 0.0943. The highest BCUT2D eigenvalue weighted by Crippen LogP contribution is 2.25. The summed E-state index contributed by atoms with van der Waals surface area (Å²) in [4.78, 5) is 17.0. The largest absolute Gasteiger partial charge is 0.347 e. The first-order chi connectivity index (χ1) is 14.5. The van der Waals surface area contributed by atoms with E-state index in [2.05, 4.69) is 36.3 Å². The van der Waals surface area contributed by atoms with Crippen molar-refractivity contribution >= 4 is 17.5 Å². The molecule has 2 aromatic carbocycles. The van der Waals surface area contributed by atoms with Crippen LogP contribution >= 0.6 is 11.6 Å². The van der Waals surface area contributed by atoms with Crippen molar-refractivity contribution < 1.29 is 4.79 Å². The Bertz CT molecular complexity index is 1200. The van der Waals surface area contributed by atoms with Gasteiger partial charge in [-0.15, -0.1) is 0 Å². The Morgan fingerprint density at radius 3 is 2.53 bits per heavy atom. The van der Waals surface area contributed by atoms with E-state index in [4.69, 9.17) is 16.7 Å². The third-order valence-corrected chi connectivity index (χ3v) is 5.23. The molecule has 4 aromatic rings. The van der Waals surface area contributed by atoms with E-state index in [1.807, 2.05) is 36.4 Å². The monoisotopic (exact) mass is 416 g/mol. The van der Waals surface area contributed by atoms with Crippen LogP contribution < -0.4 is 5.32 Å². The molecule has 0 bridgehead atoms. The number of hydrogen-bond acceptors (Lipinski definition) is 3. The van der Waals surface area contributed by atoms with E-state index in [9.17, 15) is 4.79 Å². The molecule has 0 radical (unpaired) electrons. The van der Waals surface area contributed by atoms with Gasteiger partial charge in [0.25, 0.3) is 5.91 Å².